The molecule has 0 aliphatic carbocycles. The number of nitrogens with two attached hydrogens (primary N) is 1. The van der Waals surface area contributed by atoms with E-state index in [4.69, 9.17) is 10.5 Å². The van der Waals surface area contributed by atoms with Crippen LogP contribution in [-0.2, 0) is 21.7 Å². The smallest absolute Gasteiger partial charge is 0.251 e. The van der Waals surface area contributed by atoms with E-state index in [1.54, 1.807) is 6.08 Å². The van der Waals surface area contributed by atoms with Crippen LogP contribution in [0, 0.1) is 6.92 Å². The van der Waals surface area contributed by atoms with E-state index >= 15 is 0 Å². The van der Waals surface area contributed by atoms with Gasteiger partial charge >= 0.3 is 0 Å². The number of allylic oxidation sites excluding steroid dienone is 5. The predicted molar refractivity (Wildman–Crippen MR) is 122 cm³/mol. The van der Waals surface area contributed by atoms with Crippen molar-refractivity contribution in [3.8, 4) is 0 Å². The average Bonchev–Trinajstić information content (AvgIpc) is 3.33. The lowest BCUT2D eigenvalue weighted by atomic mass is 9.82. The summed E-state index contributed by atoms with van der Waals surface area (Å²) in [5, 5.41) is 4.51. The summed E-state index contributed by atoms with van der Waals surface area (Å²) in [6, 6.07) is 6.17. The summed E-state index contributed by atoms with van der Waals surface area (Å²) >= 11 is 0. The van der Waals surface area contributed by atoms with Gasteiger partial charge in [0.2, 0.25) is 0 Å². The largest absolute Gasteiger partial charge is 0.367 e. The first-order valence-corrected chi connectivity index (χ1v) is 10.8. The maximum absolute atomic E-state index is 12.0. The third-order valence-corrected chi connectivity index (χ3v) is 6.18. The number of piperidine rings is 1. The van der Waals surface area contributed by atoms with Crippen LogP contribution in [0.3, 0.4) is 0 Å². The van der Waals surface area contributed by atoms with Gasteiger partial charge in [-0.15, -0.1) is 0 Å². The second-order valence-electron chi connectivity index (χ2n) is 8.38. The van der Waals surface area contributed by atoms with Crippen LogP contribution in [0.5, 0.6) is 0 Å². The minimum Gasteiger partial charge on any atom is -0.367 e. The highest BCUT2D eigenvalue weighted by atomic mass is 16.5. The topological polar surface area (TPSA) is 73.4 Å². The number of aryl methyl sites for hydroxylation is 1. The van der Waals surface area contributed by atoms with Gasteiger partial charge in [0.25, 0.3) is 5.91 Å². The monoisotopic (exact) mass is 418 g/mol. The Morgan fingerprint density at radius 2 is 2.16 bits per heavy atom. The molecule has 31 heavy (non-hydrogen) atoms. The van der Waals surface area contributed by atoms with Gasteiger partial charge in [0, 0.05) is 31.4 Å². The van der Waals surface area contributed by atoms with Crippen LogP contribution in [-0.4, -0.2) is 33.7 Å². The summed E-state index contributed by atoms with van der Waals surface area (Å²) in [5.74, 6) is -0.415. The molecule has 1 aromatic carbocycles. The fourth-order valence-corrected chi connectivity index (χ4v) is 4.66. The lowest BCUT2D eigenvalue weighted by Gasteiger charge is -2.39. The van der Waals surface area contributed by atoms with Crippen molar-refractivity contribution in [2.45, 2.75) is 44.9 Å². The maximum Gasteiger partial charge on any atom is 0.251 e. The van der Waals surface area contributed by atoms with Gasteiger partial charge in [-0.1, -0.05) is 42.5 Å². The van der Waals surface area contributed by atoms with Gasteiger partial charge in [-0.3, -0.25) is 9.69 Å². The number of primary amides is 1. The molecule has 1 atom stereocenters. The van der Waals surface area contributed by atoms with Gasteiger partial charge in [-0.25, -0.2) is 4.68 Å². The third-order valence-electron chi connectivity index (χ3n) is 6.18. The van der Waals surface area contributed by atoms with Crippen molar-refractivity contribution in [3.63, 3.8) is 0 Å². The molecule has 1 saturated heterocycles. The molecule has 1 fully saturated rings. The predicted octanol–water partition coefficient (Wildman–Crippen LogP) is 3.84. The van der Waals surface area contributed by atoms with Crippen molar-refractivity contribution < 1.29 is 9.53 Å². The standard InChI is InChI=1S/C25H30N4O2/c1-4-6-20(7-5-2)29-17-19(15-27-29)16-28-12-10-25(11-13-28)22-14-18(3)8-9-21(22)23(31-25)24(26)30/h4-9,14-15,17,23H,1,10-13,16H2,2-3H3,(H2,26,30)/b7-5-,20-6+. The summed E-state index contributed by atoms with van der Waals surface area (Å²) in [6.07, 6.45) is 12.7. The number of hydrogen-bond acceptors (Lipinski definition) is 4. The molecule has 6 heteroatoms. The molecule has 0 radical (unpaired) electrons. The average molecular weight is 419 g/mol. The van der Waals surface area contributed by atoms with Crippen LogP contribution in [0.25, 0.3) is 5.70 Å². The van der Waals surface area contributed by atoms with E-state index in [1.807, 2.05) is 48.2 Å². The minimum absolute atomic E-state index is 0.415. The lowest BCUT2D eigenvalue weighted by molar-refractivity contribution is -0.148. The number of fused-ring (bicyclic) bond motifs is 2. The number of rotatable bonds is 6. The quantitative estimate of drug-likeness (QED) is 0.724. The number of carbonyl (C=O) groups excluding carboxylic acids is 1. The molecule has 1 unspecified atom stereocenters. The Kier molecular flexibility index (Phi) is 5.94. The fraction of sp³-hybridized carbons (Fsp3) is 0.360. The molecule has 2 aliphatic heterocycles. The highest BCUT2D eigenvalue weighted by molar-refractivity contribution is 5.82. The second-order valence-corrected chi connectivity index (χ2v) is 8.38. The molecule has 3 heterocycles. The van der Waals surface area contributed by atoms with Crippen LogP contribution in [0.2, 0.25) is 0 Å². The Hall–Kier alpha value is -2.96. The van der Waals surface area contributed by atoms with E-state index in [0.29, 0.717) is 0 Å². The number of aromatic nitrogens is 2. The molecule has 162 valence electrons. The van der Waals surface area contributed by atoms with Crippen molar-refractivity contribution in [3.05, 3.63) is 83.7 Å². The van der Waals surface area contributed by atoms with Crippen LogP contribution < -0.4 is 5.73 Å². The normalized spacial score (nSPS) is 21.0. The first-order valence-electron chi connectivity index (χ1n) is 10.8. The molecule has 2 aromatic rings. The number of nitrogens with zero attached hydrogens (tertiary/aromatic N) is 3. The minimum atomic E-state index is -0.651. The highest BCUT2D eigenvalue weighted by Gasteiger charge is 2.48. The Labute approximate surface area is 183 Å². The van der Waals surface area contributed by atoms with E-state index in [-0.39, 0.29) is 0 Å². The summed E-state index contributed by atoms with van der Waals surface area (Å²) in [7, 11) is 0. The van der Waals surface area contributed by atoms with Crippen molar-refractivity contribution in [1.29, 1.82) is 0 Å². The molecular formula is C25H30N4O2. The van der Waals surface area contributed by atoms with E-state index in [9.17, 15) is 4.79 Å². The van der Waals surface area contributed by atoms with Crippen LogP contribution >= 0.6 is 0 Å². The number of ether oxygens (including phenoxy) is 1. The van der Waals surface area contributed by atoms with Gasteiger partial charge in [-0.2, -0.15) is 5.10 Å². The van der Waals surface area contributed by atoms with Crippen molar-refractivity contribution in [2.75, 3.05) is 13.1 Å². The van der Waals surface area contributed by atoms with Gasteiger partial charge in [-0.05, 0) is 50.0 Å². The Morgan fingerprint density at radius 3 is 2.84 bits per heavy atom. The highest BCUT2D eigenvalue weighted by Crippen LogP contribution is 2.49. The molecule has 2 aliphatic rings. The number of amides is 1. The van der Waals surface area contributed by atoms with Crippen LogP contribution in [0.15, 0.2) is 61.5 Å². The number of carbonyl (C=O) groups is 1. The van der Waals surface area contributed by atoms with E-state index in [2.05, 4.69) is 35.8 Å². The summed E-state index contributed by atoms with van der Waals surface area (Å²) in [5.41, 5.74) is 10.6. The van der Waals surface area contributed by atoms with Gasteiger partial charge < -0.3 is 10.5 Å². The molecule has 1 spiro atoms. The first-order chi connectivity index (χ1) is 15.0. The van der Waals surface area contributed by atoms with E-state index < -0.39 is 17.6 Å². The zero-order valence-corrected chi connectivity index (χ0v) is 18.3. The number of likely N-dealkylation sites (tertiary alicyclic amines) is 1. The Bertz CT molecular complexity index is 1040. The van der Waals surface area contributed by atoms with Crippen LogP contribution in [0.4, 0.5) is 0 Å². The van der Waals surface area contributed by atoms with Gasteiger partial charge in [0.15, 0.2) is 6.10 Å². The van der Waals surface area contributed by atoms with Gasteiger partial charge in [0.1, 0.15) is 0 Å². The van der Waals surface area contributed by atoms with Crippen molar-refractivity contribution in [2.24, 2.45) is 5.73 Å². The Morgan fingerprint density at radius 1 is 1.39 bits per heavy atom. The number of hydrogen-bond donors (Lipinski definition) is 1. The van der Waals surface area contributed by atoms with E-state index in [1.165, 1.54) is 5.56 Å². The molecule has 1 amide bonds. The lowest BCUT2D eigenvalue weighted by Crippen LogP contribution is -2.42. The Balaban J connectivity index is 1.47. The zero-order chi connectivity index (χ0) is 22.0. The second kappa shape index (κ2) is 8.65. The zero-order valence-electron chi connectivity index (χ0n) is 18.3. The molecule has 6 nitrogen and oxygen atoms in total. The fourth-order valence-electron chi connectivity index (χ4n) is 4.66. The van der Waals surface area contributed by atoms with E-state index in [0.717, 1.165) is 54.9 Å². The maximum atomic E-state index is 12.0. The summed E-state index contributed by atoms with van der Waals surface area (Å²) < 4.78 is 8.20. The SMILES string of the molecule is C=C/C=C(\C=C/C)n1cc(CN2CCC3(CC2)OC(C(N)=O)c2ccc(C)cc23)cn1. The van der Waals surface area contributed by atoms with Gasteiger partial charge in [0.05, 0.1) is 17.5 Å². The molecule has 1 aromatic heterocycles. The van der Waals surface area contributed by atoms with Crippen LogP contribution in [0.1, 0.15) is 48.1 Å². The third kappa shape index (κ3) is 4.13. The van der Waals surface area contributed by atoms with Crippen molar-refractivity contribution in [1.82, 2.24) is 14.7 Å². The summed E-state index contributed by atoms with van der Waals surface area (Å²) in [6.45, 7) is 10.4. The molecule has 0 saturated carbocycles. The molecular weight excluding hydrogens is 388 g/mol. The molecule has 0 bridgehead atoms. The summed E-state index contributed by atoms with van der Waals surface area (Å²) in [4.78, 5) is 14.4. The first kappa shape index (κ1) is 21.3. The molecule has 4 rings (SSSR count). The number of benzene rings is 1. The molecule has 2 N–H and O–H groups in total. The van der Waals surface area contributed by atoms with Crippen molar-refractivity contribution >= 4 is 11.6 Å².